The number of carbonyl (C=O) groups is 1. The summed E-state index contributed by atoms with van der Waals surface area (Å²) in [6.45, 7) is 7.82. The highest BCUT2D eigenvalue weighted by atomic mass is 79.9. The predicted octanol–water partition coefficient (Wildman–Crippen LogP) is 4.59. The Morgan fingerprint density at radius 3 is 2.70 bits per heavy atom. The molecule has 0 aromatic heterocycles. The molecule has 1 amide bonds. The molecular formula is C17H24BrClN2O2. The summed E-state index contributed by atoms with van der Waals surface area (Å²) in [7, 11) is 0. The van der Waals surface area contributed by atoms with Crippen LogP contribution in [0.4, 0.5) is 4.79 Å². The van der Waals surface area contributed by atoms with Crippen molar-refractivity contribution in [2.45, 2.75) is 51.8 Å². The molecule has 0 radical (unpaired) electrons. The molecule has 6 heteroatoms. The number of benzene rings is 1. The minimum Gasteiger partial charge on any atom is -0.444 e. The fourth-order valence-electron chi connectivity index (χ4n) is 2.21. The van der Waals surface area contributed by atoms with Gasteiger partial charge in [-0.25, -0.2) is 4.79 Å². The molecule has 1 aliphatic carbocycles. The Labute approximate surface area is 151 Å². The molecule has 0 bridgehead atoms. The third kappa shape index (κ3) is 6.32. The van der Waals surface area contributed by atoms with E-state index in [9.17, 15) is 4.79 Å². The molecular weight excluding hydrogens is 380 g/mol. The van der Waals surface area contributed by atoms with Crippen LogP contribution in [0.5, 0.6) is 0 Å². The van der Waals surface area contributed by atoms with Crippen molar-refractivity contribution in [3.8, 4) is 0 Å². The molecule has 128 valence electrons. The van der Waals surface area contributed by atoms with Gasteiger partial charge >= 0.3 is 6.09 Å². The standard InChI is InChI=1S/C17H24BrClN2O2/c1-17(2,3)23-16(22)21(13-5-6-13)9-8-20-11-12-4-7-15(19)14(18)10-12/h4,7,10,13,20H,5-6,8-9,11H2,1-3H3. The van der Waals surface area contributed by atoms with E-state index in [0.29, 0.717) is 17.6 Å². The van der Waals surface area contributed by atoms with Crippen molar-refractivity contribution < 1.29 is 9.53 Å². The number of hydrogen-bond acceptors (Lipinski definition) is 3. The first-order valence-corrected chi connectivity index (χ1v) is 9.07. The highest BCUT2D eigenvalue weighted by Crippen LogP contribution is 2.28. The number of nitrogens with zero attached hydrogens (tertiary/aromatic N) is 1. The van der Waals surface area contributed by atoms with E-state index >= 15 is 0 Å². The molecule has 0 saturated heterocycles. The lowest BCUT2D eigenvalue weighted by molar-refractivity contribution is 0.0236. The Hall–Kier alpha value is -0.780. The van der Waals surface area contributed by atoms with Gasteiger partial charge in [-0.15, -0.1) is 0 Å². The van der Waals surface area contributed by atoms with E-state index in [1.165, 1.54) is 0 Å². The fraction of sp³-hybridized carbons (Fsp3) is 0.588. The van der Waals surface area contributed by atoms with Gasteiger partial charge in [0, 0.05) is 30.1 Å². The van der Waals surface area contributed by atoms with Crippen LogP contribution in [0, 0.1) is 0 Å². The van der Waals surface area contributed by atoms with E-state index in [4.69, 9.17) is 16.3 Å². The Kier molecular flexibility index (Phi) is 6.34. The first-order chi connectivity index (χ1) is 10.8. The minimum atomic E-state index is -0.451. The van der Waals surface area contributed by atoms with Crippen molar-refractivity contribution in [1.82, 2.24) is 10.2 Å². The van der Waals surface area contributed by atoms with E-state index < -0.39 is 5.60 Å². The van der Waals surface area contributed by atoms with Crippen LogP contribution in [0.25, 0.3) is 0 Å². The van der Waals surface area contributed by atoms with E-state index in [-0.39, 0.29) is 6.09 Å². The van der Waals surface area contributed by atoms with Crippen LogP contribution in [0.15, 0.2) is 22.7 Å². The van der Waals surface area contributed by atoms with Crippen LogP contribution in [0.1, 0.15) is 39.2 Å². The third-order valence-electron chi connectivity index (χ3n) is 3.46. The minimum absolute atomic E-state index is 0.212. The van der Waals surface area contributed by atoms with Crippen molar-refractivity contribution in [2.24, 2.45) is 0 Å². The van der Waals surface area contributed by atoms with Gasteiger partial charge < -0.3 is 15.0 Å². The second-order valence-corrected chi connectivity index (χ2v) is 8.09. The van der Waals surface area contributed by atoms with Crippen molar-refractivity contribution >= 4 is 33.6 Å². The number of amides is 1. The van der Waals surface area contributed by atoms with E-state index in [0.717, 1.165) is 36.0 Å². The van der Waals surface area contributed by atoms with E-state index in [1.54, 1.807) is 0 Å². The molecule has 1 fully saturated rings. The molecule has 1 aromatic carbocycles. The van der Waals surface area contributed by atoms with Gasteiger partial charge in [-0.2, -0.15) is 0 Å². The number of nitrogens with one attached hydrogen (secondary N) is 1. The lowest BCUT2D eigenvalue weighted by Gasteiger charge is -2.27. The second-order valence-electron chi connectivity index (χ2n) is 6.83. The maximum atomic E-state index is 12.2. The van der Waals surface area contributed by atoms with Gasteiger partial charge in [0.15, 0.2) is 0 Å². The lowest BCUT2D eigenvalue weighted by atomic mass is 10.2. The average molecular weight is 404 g/mol. The second kappa shape index (κ2) is 7.86. The first-order valence-electron chi connectivity index (χ1n) is 7.90. The van der Waals surface area contributed by atoms with Crippen LogP contribution >= 0.6 is 27.5 Å². The molecule has 2 rings (SSSR count). The summed E-state index contributed by atoms with van der Waals surface area (Å²) in [6, 6.07) is 6.21. The fourth-order valence-corrected chi connectivity index (χ4v) is 2.76. The van der Waals surface area contributed by atoms with Gasteiger partial charge in [-0.1, -0.05) is 17.7 Å². The van der Waals surface area contributed by atoms with Crippen molar-refractivity contribution in [1.29, 1.82) is 0 Å². The molecule has 1 aromatic rings. The highest BCUT2D eigenvalue weighted by Gasteiger charge is 2.34. The summed E-state index contributed by atoms with van der Waals surface area (Å²) in [5.74, 6) is 0. The van der Waals surface area contributed by atoms with E-state index in [1.807, 2.05) is 43.9 Å². The van der Waals surface area contributed by atoms with Gasteiger partial charge in [-0.3, -0.25) is 0 Å². The number of ether oxygens (including phenoxy) is 1. The van der Waals surface area contributed by atoms with Gasteiger partial charge in [0.2, 0.25) is 0 Å². The molecule has 1 aliphatic rings. The summed E-state index contributed by atoms with van der Waals surface area (Å²) < 4.78 is 6.38. The van der Waals surface area contributed by atoms with Crippen molar-refractivity contribution in [3.63, 3.8) is 0 Å². The molecule has 0 unspecified atom stereocenters. The number of rotatable bonds is 6. The Morgan fingerprint density at radius 1 is 1.43 bits per heavy atom. The topological polar surface area (TPSA) is 41.6 Å². The molecule has 4 nitrogen and oxygen atoms in total. The predicted molar refractivity (Wildman–Crippen MR) is 96.8 cm³/mol. The lowest BCUT2D eigenvalue weighted by Crippen LogP contribution is -2.41. The molecule has 0 atom stereocenters. The van der Waals surface area contributed by atoms with Crippen molar-refractivity contribution in [3.05, 3.63) is 33.3 Å². The molecule has 23 heavy (non-hydrogen) atoms. The monoisotopic (exact) mass is 402 g/mol. The summed E-state index contributed by atoms with van der Waals surface area (Å²) in [5, 5.41) is 4.07. The van der Waals surface area contributed by atoms with Crippen LogP contribution < -0.4 is 5.32 Å². The average Bonchev–Trinajstić information content (AvgIpc) is 3.25. The van der Waals surface area contributed by atoms with Gasteiger partial charge in [0.25, 0.3) is 0 Å². The molecule has 0 aliphatic heterocycles. The zero-order valence-corrected chi connectivity index (χ0v) is 16.2. The quantitative estimate of drug-likeness (QED) is 0.706. The van der Waals surface area contributed by atoms with Gasteiger partial charge in [-0.05, 0) is 67.2 Å². The summed E-state index contributed by atoms with van der Waals surface area (Å²) in [5.41, 5.74) is 0.698. The van der Waals surface area contributed by atoms with Crippen LogP contribution in [-0.2, 0) is 11.3 Å². The Morgan fingerprint density at radius 2 is 2.13 bits per heavy atom. The first kappa shape index (κ1) is 18.6. The van der Waals surface area contributed by atoms with Crippen LogP contribution in [0.3, 0.4) is 0 Å². The molecule has 0 heterocycles. The summed E-state index contributed by atoms with van der Waals surface area (Å²) >= 11 is 9.41. The number of hydrogen-bond donors (Lipinski definition) is 1. The zero-order valence-electron chi connectivity index (χ0n) is 13.9. The maximum absolute atomic E-state index is 12.2. The summed E-state index contributed by atoms with van der Waals surface area (Å²) in [4.78, 5) is 14.1. The van der Waals surface area contributed by atoms with E-state index in [2.05, 4.69) is 21.2 Å². The maximum Gasteiger partial charge on any atom is 0.410 e. The number of halogens is 2. The third-order valence-corrected chi connectivity index (χ3v) is 4.67. The Bertz CT molecular complexity index is 556. The van der Waals surface area contributed by atoms with Gasteiger partial charge in [0.1, 0.15) is 5.60 Å². The highest BCUT2D eigenvalue weighted by molar-refractivity contribution is 9.10. The smallest absolute Gasteiger partial charge is 0.410 e. The SMILES string of the molecule is CC(C)(C)OC(=O)N(CCNCc1ccc(Cl)c(Br)c1)C1CC1. The largest absolute Gasteiger partial charge is 0.444 e. The van der Waals surface area contributed by atoms with Crippen molar-refractivity contribution in [2.75, 3.05) is 13.1 Å². The Balaban J connectivity index is 1.78. The molecule has 1 saturated carbocycles. The molecule has 0 spiro atoms. The van der Waals surface area contributed by atoms with Gasteiger partial charge in [0.05, 0.1) is 5.02 Å². The normalized spacial score (nSPS) is 14.7. The molecule has 1 N–H and O–H groups in total. The number of carbonyl (C=O) groups excluding carboxylic acids is 1. The zero-order chi connectivity index (χ0) is 17.0. The van der Waals surface area contributed by atoms with Crippen LogP contribution in [0.2, 0.25) is 5.02 Å². The summed E-state index contributed by atoms with van der Waals surface area (Å²) in [6.07, 6.45) is 1.93. The van der Waals surface area contributed by atoms with Crippen LogP contribution in [-0.4, -0.2) is 35.7 Å².